The van der Waals surface area contributed by atoms with Crippen LogP contribution in [0.2, 0.25) is 0 Å². The minimum atomic E-state index is -1.06. The van der Waals surface area contributed by atoms with E-state index in [2.05, 4.69) is 50.4 Å². The monoisotopic (exact) mass is 515 g/mol. The fourth-order valence-electron chi connectivity index (χ4n) is 3.53. The lowest BCUT2D eigenvalue weighted by Crippen LogP contribution is -2.45. The Labute approximate surface area is 217 Å². The summed E-state index contributed by atoms with van der Waals surface area (Å²) < 4.78 is 0. The molecule has 35 heavy (non-hydrogen) atoms. The maximum Gasteiger partial charge on any atom is 0.327 e. The quantitative estimate of drug-likeness (QED) is 0.313. The number of carbonyl (C=O) groups excluding carboxylic acids is 2. The van der Waals surface area contributed by atoms with Gasteiger partial charge in [0.2, 0.25) is 11.0 Å². The number of hydrogen-bond donors (Lipinski definition) is 2. The zero-order chi connectivity index (χ0) is 25.8. The first-order valence-electron chi connectivity index (χ1n) is 12.1. The summed E-state index contributed by atoms with van der Waals surface area (Å²) in [6.07, 6.45) is 3.53. The van der Waals surface area contributed by atoms with Gasteiger partial charge in [0.15, 0.2) is 0 Å². The number of nitrogens with one attached hydrogen (secondary N) is 1. The third-order valence-corrected chi connectivity index (χ3v) is 8.25. The fraction of sp³-hybridized carbons (Fsp3) is 0.464. The van der Waals surface area contributed by atoms with Crippen molar-refractivity contribution in [1.29, 1.82) is 0 Å². The zero-order valence-electron chi connectivity index (χ0n) is 21.1. The fourth-order valence-corrected chi connectivity index (χ4v) is 5.40. The molecule has 0 spiro atoms. The highest BCUT2D eigenvalue weighted by atomic mass is 32.2. The first-order chi connectivity index (χ1) is 16.6. The number of rotatable bonds is 14. The number of thioether (sulfide) groups is 2. The molecule has 0 radical (unpaired) electrons. The van der Waals surface area contributed by atoms with Crippen LogP contribution in [0.15, 0.2) is 54.6 Å². The third-order valence-electron chi connectivity index (χ3n) is 5.98. The largest absolute Gasteiger partial charge is 0.480 e. The molecule has 0 aliphatic rings. The predicted molar refractivity (Wildman–Crippen MR) is 147 cm³/mol. The highest BCUT2D eigenvalue weighted by molar-refractivity contribution is 8.14. The van der Waals surface area contributed by atoms with Crippen molar-refractivity contribution in [2.24, 2.45) is 5.92 Å². The lowest BCUT2D eigenvalue weighted by molar-refractivity contribution is -0.141. The standard InChI is InChI=1S/C28H37NO4S2/c1-5-6-16-28(3,4)23-14-12-21(13-15-23)18-34-19-24(26(31)32)29-25(30)20(2)17-35-27(33)22-10-8-7-9-11-22/h7-15,20,24H,5-6,16-19H2,1-4H3,(H,29,30)(H,31,32)/t20-,24+/m1/s1. The maximum absolute atomic E-state index is 12.5. The lowest BCUT2D eigenvalue weighted by atomic mass is 9.80. The Morgan fingerprint density at radius 2 is 1.66 bits per heavy atom. The Morgan fingerprint density at radius 1 is 1.00 bits per heavy atom. The molecule has 1 amide bonds. The highest BCUT2D eigenvalue weighted by Crippen LogP contribution is 2.29. The summed E-state index contributed by atoms with van der Waals surface area (Å²) in [6.45, 7) is 8.44. The van der Waals surface area contributed by atoms with Crippen molar-refractivity contribution in [3.05, 3.63) is 71.3 Å². The molecule has 0 aromatic heterocycles. The van der Waals surface area contributed by atoms with Gasteiger partial charge < -0.3 is 10.4 Å². The molecule has 0 saturated carbocycles. The Bertz CT molecular complexity index is 961. The second-order valence-corrected chi connectivity index (χ2v) is 11.5. The Morgan fingerprint density at radius 3 is 2.26 bits per heavy atom. The van der Waals surface area contributed by atoms with Gasteiger partial charge in [-0.2, -0.15) is 11.8 Å². The van der Waals surface area contributed by atoms with Crippen LogP contribution in [-0.2, 0) is 20.8 Å². The number of carboxylic acid groups (broad SMARTS) is 1. The number of carboxylic acids is 1. The van der Waals surface area contributed by atoms with Crippen molar-refractivity contribution in [3.8, 4) is 0 Å². The third kappa shape index (κ3) is 9.73. The van der Waals surface area contributed by atoms with Crippen molar-refractivity contribution in [3.63, 3.8) is 0 Å². The van der Waals surface area contributed by atoms with E-state index in [0.717, 1.165) is 23.7 Å². The van der Waals surface area contributed by atoms with Gasteiger partial charge in [0.1, 0.15) is 6.04 Å². The molecule has 7 heteroatoms. The summed E-state index contributed by atoms with van der Waals surface area (Å²) in [4.78, 5) is 36.5. The molecule has 0 heterocycles. The van der Waals surface area contributed by atoms with E-state index in [1.807, 2.05) is 6.07 Å². The Hall–Kier alpha value is -2.25. The van der Waals surface area contributed by atoms with E-state index in [1.165, 1.54) is 30.2 Å². The van der Waals surface area contributed by atoms with Crippen LogP contribution in [0.4, 0.5) is 0 Å². The van der Waals surface area contributed by atoms with Crippen molar-refractivity contribution in [2.75, 3.05) is 11.5 Å². The maximum atomic E-state index is 12.5. The van der Waals surface area contributed by atoms with Crippen LogP contribution in [0.25, 0.3) is 0 Å². The molecule has 0 bridgehead atoms. The number of unbranched alkanes of at least 4 members (excludes halogenated alkanes) is 1. The van der Waals surface area contributed by atoms with Gasteiger partial charge in [-0.3, -0.25) is 9.59 Å². The Balaban J connectivity index is 1.81. The van der Waals surface area contributed by atoms with Gasteiger partial charge in [-0.1, -0.05) is 107 Å². The van der Waals surface area contributed by atoms with Crippen LogP contribution in [0, 0.1) is 5.92 Å². The number of benzene rings is 2. The molecule has 190 valence electrons. The van der Waals surface area contributed by atoms with E-state index in [9.17, 15) is 19.5 Å². The van der Waals surface area contributed by atoms with Gasteiger partial charge in [-0.25, -0.2) is 4.79 Å². The smallest absolute Gasteiger partial charge is 0.327 e. The van der Waals surface area contributed by atoms with Crippen molar-refractivity contribution in [2.45, 2.75) is 64.2 Å². The topological polar surface area (TPSA) is 83.5 Å². The number of hydrogen-bond acceptors (Lipinski definition) is 5. The summed E-state index contributed by atoms with van der Waals surface area (Å²) >= 11 is 2.56. The summed E-state index contributed by atoms with van der Waals surface area (Å²) in [7, 11) is 0. The van der Waals surface area contributed by atoms with Crippen molar-refractivity contribution >= 4 is 40.5 Å². The average molecular weight is 516 g/mol. The average Bonchev–Trinajstić information content (AvgIpc) is 2.85. The first kappa shape index (κ1) is 29.0. The molecule has 0 aliphatic heterocycles. The first-order valence-corrected chi connectivity index (χ1v) is 14.2. The second-order valence-electron chi connectivity index (χ2n) is 9.46. The molecule has 0 unspecified atom stereocenters. The summed E-state index contributed by atoms with van der Waals surface area (Å²) in [5, 5.41) is 12.1. The van der Waals surface area contributed by atoms with Crippen LogP contribution < -0.4 is 5.32 Å². The van der Waals surface area contributed by atoms with Gasteiger partial charge in [0.05, 0.1) is 0 Å². The molecule has 2 atom stereocenters. The van der Waals surface area contributed by atoms with E-state index >= 15 is 0 Å². The number of amides is 1. The normalized spacial score (nSPS) is 13.1. The van der Waals surface area contributed by atoms with E-state index in [-0.39, 0.29) is 22.2 Å². The van der Waals surface area contributed by atoms with E-state index < -0.39 is 17.9 Å². The molecular weight excluding hydrogens is 478 g/mol. The van der Waals surface area contributed by atoms with Gasteiger partial charge in [-0.15, -0.1) is 0 Å². The van der Waals surface area contributed by atoms with E-state index in [0.29, 0.717) is 17.1 Å². The molecule has 2 aromatic carbocycles. The summed E-state index contributed by atoms with van der Waals surface area (Å²) in [5.74, 6) is -0.660. The van der Waals surface area contributed by atoms with Crippen LogP contribution in [0.1, 0.15) is 68.4 Å². The molecule has 2 N–H and O–H groups in total. The molecule has 2 rings (SSSR count). The lowest BCUT2D eigenvalue weighted by Gasteiger charge is -2.25. The van der Waals surface area contributed by atoms with Crippen molar-refractivity contribution < 1.29 is 19.5 Å². The van der Waals surface area contributed by atoms with Gasteiger partial charge in [-0.05, 0) is 23.0 Å². The zero-order valence-corrected chi connectivity index (χ0v) is 22.7. The molecule has 0 fully saturated rings. The number of carbonyl (C=O) groups is 3. The van der Waals surface area contributed by atoms with Gasteiger partial charge >= 0.3 is 5.97 Å². The van der Waals surface area contributed by atoms with Crippen LogP contribution in [0.5, 0.6) is 0 Å². The van der Waals surface area contributed by atoms with Gasteiger partial charge in [0, 0.05) is 28.7 Å². The van der Waals surface area contributed by atoms with E-state index in [1.54, 1.807) is 31.2 Å². The Kier molecular flexibility index (Phi) is 11.9. The molecule has 5 nitrogen and oxygen atoms in total. The van der Waals surface area contributed by atoms with E-state index in [4.69, 9.17) is 0 Å². The van der Waals surface area contributed by atoms with Gasteiger partial charge in [0.25, 0.3) is 0 Å². The molecule has 0 saturated heterocycles. The minimum Gasteiger partial charge on any atom is -0.480 e. The minimum absolute atomic E-state index is 0.102. The van der Waals surface area contributed by atoms with Crippen LogP contribution >= 0.6 is 23.5 Å². The molecule has 2 aromatic rings. The highest BCUT2D eigenvalue weighted by Gasteiger charge is 2.24. The predicted octanol–water partition coefficient (Wildman–Crippen LogP) is 6.17. The summed E-state index contributed by atoms with van der Waals surface area (Å²) in [5.41, 5.74) is 3.17. The number of aliphatic carboxylic acids is 1. The SMILES string of the molecule is CCCCC(C)(C)c1ccc(CSC[C@H](NC(=O)[C@H](C)CSC(=O)c2ccccc2)C(=O)O)cc1. The molecular formula is C28H37NO4S2. The second kappa shape index (κ2) is 14.3. The molecule has 0 aliphatic carbocycles. The van der Waals surface area contributed by atoms with Crippen LogP contribution in [0.3, 0.4) is 0 Å². The van der Waals surface area contributed by atoms with Crippen LogP contribution in [-0.4, -0.2) is 39.6 Å². The summed E-state index contributed by atoms with van der Waals surface area (Å²) in [6, 6.07) is 16.5. The van der Waals surface area contributed by atoms with Crippen molar-refractivity contribution in [1.82, 2.24) is 5.32 Å².